The lowest BCUT2D eigenvalue weighted by Gasteiger charge is -2.32. The van der Waals surface area contributed by atoms with Crippen molar-refractivity contribution in [1.82, 2.24) is 4.90 Å². The number of hydrogen-bond donors (Lipinski definition) is 1. The molecule has 0 spiro atoms. The molecule has 1 aliphatic heterocycles. The highest BCUT2D eigenvalue weighted by molar-refractivity contribution is 4.73. The standard InChI is InChI=1S/C12H26N2O2/c1-2-8-16-12-4-3-6-14(11-12)7-10-15-9-5-13/h12H,2-11,13H2,1H3. The van der Waals surface area contributed by atoms with E-state index in [0.717, 1.165) is 32.7 Å². The van der Waals surface area contributed by atoms with Crippen LogP contribution in [0.3, 0.4) is 0 Å². The van der Waals surface area contributed by atoms with Crippen molar-refractivity contribution in [2.75, 3.05) is 46.0 Å². The van der Waals surface area contributed by atoms with Crippen LogP contribution < -0.4 is 5.73 Å². The molecule has 0 bridgehead atoms. The molecule has 4 nitrogen and oxygen atoms in total. The molecule has 1 unspecified atom stereocenters. The molecule has 0 aromatic rings. The molecule has 1 saturated heterocycles. The Hall–Kier alpha value is -0.160. The fourth-order valence-electron chi connectivity index (χ4n) is 2.02. The molecule has 2 N–H and O–H groups in total. The first-order chi connectivity index (χ1) is 7.86. The molecule has 1 rings (SSSR count). The molecule has 0 radical (unpaired) electrons. The monoisotopic (exact) mass is 230 g/mol. The number of nitrogens with two attached hydrogens (primary N) is 1. The topological polar surface area (TPSA) is 47.7 Å². The van der Waals surface area contributed by atoms with Gasteiger partial charge >= 0.3 is 0 Å². The normalized spacial score (nSPS) is 22.5. The molecule has 16 heavy (non-hydrogen) atoms. The van der Waals surface area contributed by atoms with E-state index in [-0.39, 0.29) is 0 Å². The summed E-state index contributed by atoms with van der Waals surface area (Å²) < 4.78 is 11.2. The molecule has 1 aliphatic rings. The van der Waals surface area contributed by atoms with Crippen LogP contribution in [0.4, 0.5) is 0 Å². The van der Waals surface area contributed by atoms with Gasteiger partial charge in [-0.3, -0.25) is 4.90 Å². The minimum atomic E-state index is 0.434. The van der Waals surface area contributed by atoms with Crippen LogP contribution in [-0.4, -0.2) is 57.0 Å². The molecule has 1 fully saturated rings. The summed E-state index contributed by atoms with van der Waals surface area (Å²) in [6.45, 7) is 8.36. The SMILES string of the molecule is CCCOC1CCCN(CCOCCN)C1. The summed E-state index contributed by atoms with van der Waals surface area (Å²) in [4.78, 5) is 2.43. The molecule has 96 valence electrons. The second kappa shape index (κ2) is 8.93. The highest BCUT2D eigenvalue weighted by Gasteiger charge is 2.19. The first-order valence-corrected chi connectivity index (χ1v) is 6.48. The third-order valence-corrected chi connectivity index (χ3v) is 2.83. The molecule has 1 atom stereocenters. The molecule has 0 aromatic heterocycles. The van der Waals surface area contributed by atoms with Crippen LogP contribution in [-0.2, 0) is 9.47 Å². The molecular weight excluding hydrogens is 204 g/mol. The number of ether oxygens (including phenoxy) is 2. The summed E-state index contributed by atoms with van der Waals surface area (Å²) >= 11 is 0. The van der Waals surface area contributed by atoms with Crippen molar-refractivity contribution in [1.29, 1.82) is 0 Å². The second-order valence-corrected chi connectivity index (χ2v) is 4.34. The minimum absolute atomic E-state index is 0.434. The van der Waals surface area contributed by atoms with Crippen molar-refractivity contribution in [3.05, 3.63) is 0 Å². The maximum atomic E-state index is 5.79. The lowest BCUT2D eigenvalue weighted by molar-refractivity contribution is -0.00752. The fourth-order valence-corrected chi connectivity index (χ4v) is 2.02. The van der Waals surface area contributed by atoms with Crippen LogP contribution in [0.2, 0.25) is 0 Å². The van der Waals surface area contributed by atoms with Gasteiger partial charge < -0.3 is 15.2 Å². The highest BCUT2D eigenvalue weighted by atomic mass is 16.5. The van der Waals surface area contributed by atoms with Gasteiger partial charge in [0.1, 0.15) is 0 Å². The van der Waals surface area contributed by atoms with Gasteiger partial charge in [-0.2, -0.15) is 0 Å². The molecule has 1 heterocycles. The zero-order chi connectivity index (χ0) is 11.6. The van der Waals surface area contributed by atoms with Crippen molar-refractivity contribution in [3.8, 4) is 0 Å². The number of nitrogens with zero attached hydrogens (tertiary/aromatic N) is 1. The van der Waals surface area contributed by atoms with E-state index in [1.54, 1.807) is 0 Å². The molecule has 4 heteroatoms. The van der Waals surface area contributed by atoms with E-state index in [1.165, 1.54) is 19.4 Å². The predicted molar refractivity (Wildman–Crippen MR) is 65.6 cm³/mol. The number of likely N-dealkylation sites (tertiary alicyclic amines) is 1. The lowest BCUT2D eigenvalue weighted by Crippen LogP contribution is -2.41. The van der Waals surface area contributed by atoms with Gasteiger partial charge in [-0.15, -0.1) is 0 Å². The number of piperidine rings is 1. The minimum Gasteiger partial charge on any atom is -0.379 e. The number of rotatable bonds is 8. The lowest BCUT2D eigenvalue weighted by atomic mass is 10.1. The van der Waals surface area contributed by atoms with Crippen LogP contribution in [0, 0.1) is 0 Å². The Balaban J connectivity index is 2.07. The van der Waals surface area contributed by atoms with E-state index < -0.39 is 0 Å². The Morgan fingerprint density at radius 2 is 2.19 bits per heavy atom. The van der Waals surface area contributed by atoms with Crippen molar-refractivity contribution in [3.63, 3.8) is 0 Å². The maximum Gasteiger partial charge on any atom is 0.0702 e. The second-order valence-electron chi connectivity index (χ2n) is 4.34. The van der Waals surface area contributed by atoms with Crippen LogP contribution in [0.1, 0.15) is 26.2 Å². The molecule has 0 amide bonds. The quantitative estimate of drug-likeness (QED) is 0.628. The predicted octanol–water partition coefficient (Wildman–Crippen LogP) is 0.853. The van der Waals surface area contributed by atoms with E-state index in [9.17, 15) is 0 Å². The van der Waals surface area contributed by atoms with Gasteiger partial charge in [0.25, 0.3) is 0 Å². The van der Waals surface area contributed by atoms with Crippen molar-refractivity contribution >= 4 is 0 Å². The van der Waals surface area contributed by atoms with Crippen molar-refractivity contribution < 1.29 is 9.47 Å². The first-order valence-electron chi connectivity index (χ1n) is 6.48. The van der Waals surface area contributed by atoms with Crippen LogP contribution in [0.25, 0.3) is 0 Å². The zero-order valence-electron chi connectivity index (χ0n) is 10.5. The summed E-state index contributed by atoms with van der Waals surface area (Å²) in [6.07, 6.45) is 3.99. The Kier molecular flexibility index (Phi) is 7.76. The van der Waals surface area contributed by atoms with Crippen LogP contribution in [0.15, 0.2) is 0 Å². The summed E-state index contributed by atoms with van der Waals surface area (Å²) in [7, 11) is 0. The van der Waals surface area contributed by atoms with Gasteiger partial charge in [-0.1, -0.05) is 6.92 Å². The molecule has 0 saturated carbocycles. The van der Waals surface area contributed by atoms with E-state index in [1.807, 2.05) is 0 Å². The smallest absolute Gasteiger partial charge is 0.0702 e. The van der Waals surface area contributed by atoms with Crippen LogP contribution >= 0.6 is 0 Å². The summed E-state index contributed by atoms with van der Waals surface area (Å²) in [5.41, 5.74) is 5.37. The highest BCUT2D eigenvalue weighted by Crippen LogP contribution is 2.13. The Bertz CT molecular complexity index is 167. The van der Waals surface area contributed by atoms with Gasteiger partial charge in [0.05, 0.1) is 19.3 Å². The van der Waals surface area contributed by atoms with E-state index >= 15 is 0 Å². The van der Waals surface area contributed by atoms with Crippen molar-refractivity contribution in [2.45, 2.75) is 32.3 Å². The molecular formula is C12H26N2O2. The maximum absolute atomic E-state index is 5.79. The Labute approximate surface area is 99.1 Å². The fraction of sp³-hybridized carbons (Fsp3) is 1.00. The van der Waals surface area contributed by atoms with Crippen LogP contribution in [0.5, 0.6) is 0 Å². The van der Waals surface area contributed by atoms with E-state index in [2.05, 4.69) is 11.8 Å². The van der Waals surface area contributed by atoms with Gasteiger partial charge in [0, 0.05) is 26.2 Å². The Morgan fingerprint density at radius 3 is 2.94 bits per heavy atom. The average Bonchev–Trinajstić information content (AvgIpc) is 2.33. The third kappa shape index (κ3) is 5.80. The van der Waals surface area contributed by atoms with Gasteiger partial charge in [0.2, 0.25) is 0 Å². The summed E-state index contributed by atoms with van der Waals surface area (Å²) in [5.74, 6) is 0. The Morgan fingerprint density at radius 1 is 1.31 bits per heavy atom. The summed E-state index contributed by atoms with van der Waals surface area (Å²) in [5, 5.41) is 0. The zero-order valence-corrected chi connectivity index (χ0v) is 10.5. The average molecular weight is 230 g/mol. The van der Waals surface area contributed by atoms with E-state index in [4.69, 9.17) is 15.2 Å². The third-order valence-electron chi connectivity index (χ3n) is 2.83. The van der Waals surface area contributed by atoms with Gasteiger partial charge in [-0.25, -0.2) is 0 Å². The van der Waals surface area contributed by atoms with Crippen molar-refractivity contribution in [2.24, 2.45) is 5.73 Å². The molecule has 0 aliphatic carbocycles. The van der Waals surface area contributed by atoms with E-state index in [0.29, 0.717) is 19.3 Å². The number of hydrogen-bond acceptors (Lipinski definition) is 4. The van der Waals surface area contributed by atoms with Gasteiger partial charge in [0.15, 0.2) is 0 Å². The summed E-state index contributed by atoms with van der Waals surface area (Å²) in [6, 6.07) is 0. The first kappa shape index (κ1) is 13.9. The van der Waals surface area contributed by atoms with Gasteiger partial charge in [-0.05, 0) is 25.8 Å². The largest absolute Gasteiger partial charge is 0.379 e. The molecule has 0 aromatic carbocycles.